The molecule has 184 valence electrons. The summed E-state index contributed by atoms with van der Waals surface area (Å²) in [6.07, 6.45) is 3.72. The van der Waals surface area contributed by atoms with Gasteiger partial charge in [0.05, 0.1) is 0 Å². The maximum absolute atomic E-state index is 12.8. The SMILES string of the molecule is C/C(=C\CNC(=O)OCC1c2ccccc2-c2ccccc21)C(=O)N1CCCC(CCC(=O)O)C1. The van der Waals surface area contributed by atoms with Crippen LogP contribution in [-0.2, 0) is 14.3 Å². The number of carboxylic acids is 1. The van der Waals surface area contributed by atoms with Gasteiger partial charge in [-0.1, -0.05) is 54.6 Å². The quantitative estimate of drug-likeness (QED) is 0.544. The molecule has 1 unspecified atom stereocenters. The molecule has 35 heavy (non-hydrogen) atoms. The summed E-state index contributed by atoms with van der Waals surface area (Å²) in [5.74, 6) is -0.654. The fourth-order valence-corrected chi connectivity index (χ4v) is 5.09. The Labute approximate surface area is 205 Å². The van der Waals surface area contributed by atoms with E-state index in [0.717, 1.165) is 24.0 Å². The summed E-state index contributed by atoms with van der Waals surface area (Å²) in [6, 6.07) is 16.4. The van der Waals surface area contributed by atoms with Crippen LogP contribution < -0.4 is 5.32 Å². The van der Waals surface area contributed by atoms with Crippen LogP contribution in [0.3, 0.4) is 0 Å². The molecule has 0 bridgehead atoms. The van der Waals surface area contributed by atoms with Crippen molar-refractivity contribution in [1.29, 1.82) is 0 Å². The molecule has 0 aromatic heterocycles. The molecule has 4 rings (SSSR count). The predicted molar refractivity (Wildman–Crippen MR) is 133 cm³/mol. The second-order valence-electron chi connectivity index (χ2n) is 9.29. The fourth-order valence-electron chi connectivity index (χ4n) is 5.09. The maximum atomic E-state index is 12.8. The lowest BCUT2D eigenvalue weighted by Gasteiger charge is -2.33. The Morgan fingerprint density at radius 1 is 1.09 bits per heavy atom. The van der Waals surface area contributed by atoms with Crippen LogP contribution in [0, 0.1) is 5.92 Å². The number of aliphatic carboxylic acids is 1. The van der Waals surface area contributed by atoms with E-state index < -0.39 is 12.1 Å². The average Bonchev–Trinajstić information content (AvgIpc) is 3.19. The molecule has 1 fully saturated rings. The van der Waals surface area contributed by atoms with E-state index in [1.165, 1.54) is 11.1 Å². The van der Waals surface area contributed by atoms with Gasteiger partial charge in [-0.3, -0.25) is 9.59 Å². The van der Waals surface area contributed by atoms with Crippen LogP contribution in [-0.4, -0.2) is 54.2 Å². The lowest BCUT2D eigenvalue weighted by molar-refractivity contribution is -0.137. The first-order valence-corrected chi connectivity index (χ1v) is 12.2. The number of rotatable bonds is 8. The molecule has 7 heteroatoms. The second-order valence-corrected chi connectivity index (χ2v) is 9.29. The lowest BCUT2D eigenvalue weighted by atomic mass is 9.93. The normalized spacial score (nSPS) is 17.5. The average molecular weight is 477 g/mol. The van der Waals surface area contributed by atoms with Crippen molar-refractivity contribution < 1.29 is 24.2 Å². The van der Waals surface area contributed by atoms with Crippen molar-refractivity contribution in [3.8, 4) is 11.1 Å². The van der Waals surface area contributed by atoms with Gasteiger partial charge in [-0.25, -0.2) is 4.79 Å². The molecule has 1 heterocycles. The highest BCUT2D eigenvalue weighted by Gasteiger charge is 2.29. The Hall–Kier alpha value is -3.61. The molecule has 0 radical (unpaired) electrons. The largest absolute Gasteiger partial charge is 0.481 e. The van der Waals surface area contributed by atoms with E-state index in [0.29, 0.717) is 25.1 Å². The molecule has 7 nitrogen and oxygen atoms in total. The van der Waals surface area contributed by atoms with E-state index in [1.54, 1.807) is 17.9 Å². The molecule has 2 aliphatic rings. The topological polar surface area (TPSA) is 95.9 Å². The molecule has 2 aromatic carbocycles. The molecular formula is C28H32N2O5. The van der Waals surface area contributed by atoms with Crippen molar-refractivity contribution in [3.05, 3.63) is 71.3 Å². The molecule has 1 atom stereocenters. The number of likely N-dealkylation sites (tertiary alicyclic amines) is 1. The minimum Gasteiger partial charge on any atom is -0.481 e. The lowest BCUT2D eigenvalue weighted by Crippen LogP contribution is -2.40. The zero-order valence-corrected chi connectivity index (χ0v) is 20.0. The van der Waals surface area contributed by atoms with Gasteiger partial charge in [0.15, 0.2) is 0 Å². The number of ether oxygens (including phenoxy) is 1. The Morgan fingerprint density at radius 2 is 1.74 bits per heavy atom. The number of carbonyl (C=O) groups excluding carboxylic acids is 2. The van der Waals surface area contributed by atoms with Crippen LogP contribution >= 0.6 is 0 Å². The second kappa shape index (κ2) is 11.2. The van der Waals surface area contributed by atoms with Crippen molar-refractivity contribution in [2.24, 2.45) is 5.92 Å². The van der Waals surface area contributed by atoms with Gasteiger partial charge in [0.2, 0.25) is 5.91 Å². The number of piperidine rings is 1. The van der Waals surface area contributed by atoms with Crippen molar-refractivity contribution in [2.75, 3.05) is 26.2 Å². The van der Waals surface area contributed by atoms with Gasteiger partial charge in [0, 0.05) is 37.5 Å². The standard InChI is InChI=1S/C28H32N2O5/c1-19(27(33)30-16-6-7-20(17-30)12-13-26(31)32)14-15-29-28(34)35-18-25-23-10-4-2-8-21(23)22-9-3-5-11-24(22)25/h2-5,8-11,14,20,25H,6-7,12-13,15-18H2,1H3,(H,29,34)(H,31,32)/b19-14+. The maximum Gasteiger partial charge on any atom is 0.407 e. The molecular weight excluding hydrogens is 444 g/mol. The van der Waals surface area contributed by atoms with Gasteiger partial charge >= 0.3 is 12.1 Å². The number of nitrogens with zero attached hydrogens (tertiary/aromatic N) is 1. The summed E-state index contributed by atoms with van der Waals surface area (Å²) < 4.78 is 5.54. The van der Waals surface area contributed by atoms with E-state index >= 15 is 0 Å². The van der Waals surface area contributed by atoms with Crippen molar-refractivity contribution in [1.82, 2.24) is 10.2 Å². The van der Waals surface area contributed by atoms with Crippen LogP contribution in [0.2, 0.25) is 0 Å². The van der Waals surface area contributed by atoms with E-state index in [1.807, 2.05) is 24.3 Å². The van der Waals surface area contributed by atoms with E-state index in [-0.39, 0.29) is 37.3 Å². The Morgan fingerprint density at radius 3 is 2.40 bits per heavy atom. The van der Waals surface area contributed by atoms with Crippen LogP contribution in [0.5, 0.6) is 0 Å². The zero-order chi connectivity index (χ0) is 24.8. The molecule has 2 aromatic rings. The van der Waals surface area contributed by atoms with Crippen LogP contribution in [0.25, 0.3) is 11.1 Å². The van der Waals surface area contributed by atoms with Gasteiger partial charge in [-0.15, -0.1) is 0 Å². The van der Waals surface area contributed by atoms with E-state index in [2.05, 4.69) is 29.6 Å². The number of benzene rings is 2. The number of nitrogens with one attached hydrogen (secondary N) is 1. The molecule has 2 N–H and O–H groups in total. The number of carbonyl (C=O) groups is 3. The summed E-state index contributed by atoms with van der Waals surface area (Å²) in [5.41, 5.74) is 5.23. The van der Waals surface area contributed by atoms with Crippen molar-refractivity contribution in [3.63, 3.8) is 0 Å². The van der Waals surface area contributed by atoms with Gasteiger partial charge in [0.25, 0.3) is 0 Å². The van der Waals surface area contributed by atoms with Crippen LogP contribution in [0.1, 0.15) is 49.7 Å². The number of carboxylic acid groups (broad SMARTS) is 1. The Kier molecular flexibility index (Phi) is 7.85. The highest BCUT2D eigenvalue weighted by molar-refractivity contribution is 5.93. The number of fused-ring (bicyclic) bond motifs is 3. The number of hydrogen-bond acceptors (Lipinski definition) is 4. The highest BCUT2D eigenvalue weighted by atomic mass is 16.5. The minimum atomic E-state index is -0.802. The Balaban J connectivity index is 1.26. The number of hydrogen-bond donors (Lipinski definition) is 2. The summed E-state index contributed by atoms with van der Waals surface area (Å²) in [4.78, 5) is 37.8. The highest BCUT2D eigenvalue weighted by Crippen LogP contribution is 2.44. The Bertz CT molecular complexity index is 1080. The van der Waals surface area contributed by atoms with Gasteiger partial charge in [-0.2, -0.15) is 0 Å². The summed E-state index contributed by atoms with van der Waals surface area (Å²) in [5, 5.41) is 11.6. The predicted octanol–water partition coefficient (Wildman–Crippen LogP) is 4.57. The zero-order valence-electron chi connectivity index (χ0n) is 20.0. The van der Waals surface area contributed by atoms with Crippen molar-refractivity contribution in [2.45, 2.75) is 38.5 Å². The molecule has 0 spiro atoms. The molecule has 1 saturated heterocycles. The summed E-state index contributed by atoms with van der Waals surface area (Å²) in [6.45, 7) is 3.44. The third kappa shape index (κ3) is 5.91. The van der Waals surface area contributed by atoms with E-state index in [9.17, 15) is 14.4 Å². The summed E-state index contributed by atoms with van der Waals surface area (Å²) in [7, 11) is 0. The monoisotopic (exact) mass is 476 g/mol. The molecule has 1 aliphatic heterocycles. The summed E-state index contributed by atoms with van der Waals surface area (Å²) >= 11 is 0. The fraction of sp³-hybridized carbons (Fsp3) is 0.393. The third-order valence-corrected chi connectivity index (χ3v) is 6.91. The van der Waals surface area contributed by atoms with E-state index in [4.69, 9.17) is 9.84 Å². The molecule has 1 aliphatic carbocycles. The van der Waals surface area contributed by atoms with Crippen LogP contribution in [0.4, 0.5) is 4.79 Å². The first kappa shape index (κ1) is 24.5. The number of alkyl carbamates (subject to hydrolysis) is 1. The minimum absolute atomic E-state index is 0.000167. The molecule has 2 amide bonds. The smallest absolute Gasteiger partial charge is 0.407 e. The first-order chi connectivity index (χ1) is 16.9. The van der Waals surface area contributed by atoms with Gasteiger partial charge < -0.3 is 20.1 Å². The molecule has 0 saturated carbocycles. The van der Waals surface area contributed by atoms with Gasteiger partial charge in [0.1, 0.15) is 6.61 Å². The van der Waals surface area contributed by atoms with Crippen molar-refractivity contribution >= 4 is 18.0 Å². The van der Waals surface area contributed by atoms with Gasteiger partial charge in [-0.05, 0) is 54.4 Å². The number of amides is 2. The first-order valence-electron chi connectivity index (χ1n) is 12.2. The van der Waals surface area contributed by atoms with Crippen LogP contribution in [0.15, 0.2) is 60.2 Å². The third-order valence-electron chi connectivity index (χ3n) is 6.91.